The summed E-state index contributed by atoms with van der Waals surface area (Å²) < 4.78 is 0. The summed E-state index contributed by atoms with van der Waals surface area (Å²) in [6, 6.07) is 20.4. The Labute approximate surface area is 135 Å². The number of likely N-dealkylation sites (N-methyl/N-ethyl adjacent to an activating group) is 1. The molecular formula is C19H17N3O. The third kappa shape index (κ3) is 2.21. The molecule has 4 nitrogen and oxygen atoms in total. The second-order valence-electron chi connectivity index (χ2n) is 6.04. The number of nitrogens with zero attached hydrogens (tertiary/aromatic N) is 3. The average Bonchev–Trinajstić information content (AvgIpc) is 2.63. The first-order chi connectivity index (χ1) is 11.3. The molecule has 2 aromatic carbocycles. The van der Waals surface area contributed by atoms with Gasteiger partial charge in [0.25, 0.3) is 0 Å². The first-order valence-corrected chi connectivity index (χ1v) is 7.78. The van der Waals surface area contributed by atoms with Crippen LogP contribution in [0.1, 0.15) is 35.1 Å². The van der Waals surface area contributed by atoms with Gasteiger partial charge in [0.15, 0.2) is 6.23 Å². The van der Waals surface area contributed by atoms with E-state index in [1.54, 1.807) is 0 Å². The predicted molar refractivity (Wildman–Crippen MR) is 87.8 cm³/mol. The van der Waals surface area contributed by atoms with Crippen LogP contribution in [0.4, 0.5) is 0 Å². The summed E-state index contributed by atoms with van der Waals surface area (Å²) in [4.78, 5) is 7.80. The molecule has 2 heterocycles. The van der Waals surface area contributed by atoms with E-state index in [4.69, 9.17) is 4.84 Å². The summed E-state index contributed by atoms with van der Waals surface area (Å²) in [5, 5.41) is 13.9. The average molecular weight is 303 g/mol. The molecule has 3 atom stereocenters. The van der Waals surface area contributed by atoms with Crippen molar-refractivity contribution in [3.63, 3.8) is 0 Å². The normalized spacial score (nSPS) is 26.3. The van der Waals surface area contributed by atoms with Crippen molar-refractivity contribution in [3.05, 3.63) is 71.3 Å². The van der Waals surface area contributed by atoms with Crippen LogP contribution in [0.2, 0.25) is 0 Å². The van der Waals surface area contributed by atoms with E-state index in [1.165, 1.54) is 5.56 Å². The molecule has 4 heteroatoms. The van der Waals surface area contributed by atoms with Crippen molar-refractivity contribution < 1.29 is 4.84 Å². The lowest BCUT2D eigenvalue weighted by molar-refractivity contribution is -0.0877. The number of hydrogen-bond donors (Lipinski definition) is 0. The van der Waals surface area contributed by atoms with Gasteiger partial charge >= 0.3 is 0 Å². The van der Waals surface area contributed by atoms with Crippen molar-refractivity contribution in [1.82, 2.24) is 4.90 Å². The van der Waals surface area contributed by atoms with Gasteiger partial charge in [-0.1, -0.05) is 59.8 Å². The van der Waals surface area contributed by atoms with E-state index in [0.29, 0.717) is 0 Å². The van der Waals surface area contributed by atoms with Crippen molar-refractivity contribution in [2.75, 3.05) is 7.05 Å². The summed E-state index contributed by atoms with van der Waals surface area (Å²) in [6.07, 6.45) is 0.621. The van der Waals surface area contributed by atoms with Crippen LogP contribution >= 0.6 is 0 Å². The third-order valence-corrected chi connectivity index (χ3v) is 4.76. The number of fused-ring (bicyclic) bond motifs is 3. The minimum atomic E-state index is -0.291. The topological polar surface area (TPSA) is 48.6 Å². The van der Waals surface area contributed by atoms with Crippen molar-refractivity contribution >= 4 is 5.71 Å². The maximum atomic E-state index is 9.55. The van der Waals surface area contributed by atoms with Gasteiger partial charge in [-0.15, -0.1) is 0 Å². The van der Waals surface area contributed by atoms with E-state index in [1.807, 2.05) is 48.3 Å². The van der Waals surface area contributed by atoms with Gasteiger partial charge in [-0.2, -0.15) is 5.26 Å². The maximum Gasteiger partial charge on any atom is 0.189 e. The molecular weight excluding hydrogens is 286 g/mol. The zero-order valence-electron chi connectivity index (χ0n) is 12.9. The minimum Gasteiger partial charge on any atom is -0.375 e. The second kappa shape index (κ2) is 5.53. The van der Waals surface area contributed by atoms with E-state index < -0.39 is 0 Å². The smallest absolute Gasteiger partial charge is 0.189 e. The maximum absolute atomic E-state index is 9.55. The molecule has 0 spiro atoms. The zero-order chi connectivity index (χ0) is 15.8. The molecule has 0 unspecified atom stereocenters. The molecule has 0 radical (unpaired) electrons. The van der Waals surface area contributed by atoms with Crippen molar-refractivity contribution in [2.45, 2.75) is 24.6 Å². The van der Waals surface area contributed by atoms with Crippen molar-refractivity contribution in [2.24, 2.45) is 5.16 Å². The summed E-state index contributed by atoms with van der Waals surface area (Å²) >= 11 is 0. The molecule has 0 aliphatic carbocycles. The largest absolute Gasteiger partial charge is 0.375 e. The predicted octanol–water partition coefficient (Wildman–Crippen LogP) is 3.43. The Bertz CT molecular complexity index is 794. The van der Waals surface area contributed by atoms with E-state index in [9.17, 15) is 5.26 Å². The number of benzene rings is 2. The van der Waals surface area contributed by atoms with Gasteiger partial charge in [0.05, 0.1) is 11.8 Å². The molecule has 0 N–H and O–H groups in total. The SMILES string of the molecule is CN1[C@H](C#N)c2ccccc2[C@H]2CC(c3ccccc3)=NO[C@H]21. The molecule has 0 aromatic heterocycles. The van der Waals surface area contributed by atoms with Gasteiger partial charge in [-0.25, -0.2) is 4.90 Å². The fraction of sp³-hybridized carbons (Fsp3) is 0.263. The fourth-order valence-corrected chi connectivity index (χ4v) is 3.58. The van der Waals surface area contributed by atoms with E-state index in [-0.39, 0.29) is 18.2 Å². The second-order valence-corrected chi connectivity index (χ2v) is 6.04. The van der Waals surface area contributed by atoms with Gasteiger partial charge in [0, 0.05) is 12.3 Å². The lowest BCUT2D eigenvalue weighted by Crippen LogP contribution is -2.47. The number of oxime groups is 1. The Morgan fingerprint density at radius 3 is 2.52 bits per heavy atom. The molecule has 2 aromatic rings. The van der Waals surface area contributed by atoms with E-state index >= 15 is 0 Å². The highest BCUT2D eigenvalue weighted by molar-refractivity contribution is 6.01. The fourth-order valence-electron chi connectivity index (χ4n) is 3.58. The van der Waals surface area contributed by atoms with E-state index in [2.05, 4.69) is 29.4 Å². The number of hydrogen-bond acceptors (Lipinski definition) is 4. The van der Waals surface area contributed by atoms with Crippen LogP contribution in [0.5, 0.6) is 0 Å². The molecule has 23 heavy (non-hydrogen) atoms. The summed E-state index contributed by atoms with van der Waals surface area (Å²) in [7, 11) is 1.94. The van der Waals surface area contributed by atoms with Crippen LogP contribution in [0.25, 0.3) is 0 Å². The molecule has 4 rings (SSSR count). The Morgan fingerprint density at radius 1 is 1.09 bits per heavy atom. The zero-order valence-corrected chi connectivity index (χ0v) is 12.9. The van der Waals surface area contributed by atoms with Gasteiger partial charge in [-0.05, 0) is 23.7 Å². The van der Waals surface area contributed by atoms with Crippen LogP contribution in [0.3, 0.4) is 0 Å². The Morgan fingerprint density at radius 2 is 1.78 bits per heavy atom. The molecule has 2 aliphatic heterocycles. The van der Waals surface area contributed by atoms with Crippen LogP contribution in [-0.2, 0) is 4.84 Å². The number of nitriles is 1. The molecule has 2 aliphatic rings. The Hall–Kier alpha value is -2.64. The van der Waals surface area contributed by atoms with Crippen LogP contribution in [0, 0.1) is 11.3 Å². The molecule has 0 saturated heterocycles. The van der Waals surface area contributed by atoms with Crippen LogP contribution in [-0.4, -0.2) is 23.9 Å². The highest BCUT2D eigenvalue weighted by Gasteiger charge is 2.43. The molecule has 0 bridgehead atoms. The minimum absolute atomic E-state index is 0.188. The van der Waals surface area contributed by atoms with Crippen molar-refractivity contribution in [1.29, 1.82) is 5.26 Å². The van der Waals surface area contributed by atoms with Crippen molar-refractivity contribution in [3.8, 4) is 6.07 Å². The van der Waals surface area contributed by atoms with Gasteiger partial charge in [0.1, 0.15) is 6.04 Å². The molecule has 114 valence electrons. The van der Waals surface area contributed by atoms with Crippen LogP contribution < -0.4 is 0 Å². The monoisotopic (exact) mass is 303 g/mol. The first-order valence-electron chi connectivity index (χ1n) is 7.78. The standard InChI is InChI=1S/C19H17N3O/c1-22-18(12-20)15-10-6-5-9-14(15)16-11-17(21-23-19(16)22)13-7-3-2-4-8-13/h2-10,16,18-19H,11H2,1H3/t16-,18-,19-/m1/s1. The lowest BCUT2D eigenvalue weighted by atomic mass is 9.80. The molecule has 0 fully saturated rings. The van der Waals surface area contributed by atoms with Crippen LogP contribution in [0.15, 0.2) is 59.8 Å². The summed E-state index contributed by atoms with van der Waals surface area (Å²) in [5.41, 5.74) is 4.33. The summed E-state index contributed by atoms with van der Waals surface area (Å²) in [5.74, 6) is 0.188. The third-order valence-electron chi connectivity index (χ3n) is 4.76. The van der Waals surface area contributed by atoms with Gasteiger partial charge in [0.2, 0.25) is 0 Å². The van der Waals surface area contributed by atoms with Gasteiger partial charge < -0.3 is 4.84 Å². The summed E-state index contributed by atoms with van der Waals surface area (Å²) in [6.45, 7) is 0. The lowest BCUT2D eigenvalue weighted by Gasteiger charge is -2.43. The number of rotatable bonds is 1. The molecule has 0 saturated carbocycles. The Balaban J connectivity index is 1.76. The highest BCUT2D eigenvalue weighted by atomic mass is 16.7. The highest BCUT2D eigenvalue weighted by Crippen LogP contribution is 2.43. The Kier molecular flexibility index (Phi) is 3.36. The first kappa shape index (κ1) is 14.0. The quantitative estimate of drug-likeness (QED) is 0.811. The van der Waals surface area contributed by atoms with Gasteiger partial charge in [-0.3, -0.25) is 0 Å². The molecule has 0 amide bonds. The van der Waals surface area contributed by atoms with E-state index in [0.717, 1.165) is 23.3 Å².